The second kappa shape index (κ2) is 4.06. The molecule has 0 fully saturated rings. The Kier molecular flexibility index (Phi) is 2.23. The summed E-state index contributed by atoms with van der Waals surface area (Å²) < 4.78 is 1.56. The Bertz CT molecular complexity index is 967. The fourth-order valence-corrected chi connectivity index (χ4v) is 2.40. The molecule has 0 unspecified atom stereocenters. The first-order chi connectivity index (χ1) is 9.83. The standard InChI is InChI=1S/C16H11N3O/c20-15-12-8-4-5-9-13(12)17-16-18-14(10-19(15)16)11-6-2-1-3-7-11/h1-10H,(H,17,18). The summed E-state index contributed by atoms with van der Waals surface area (Å²) >= 11 is 0. The van der Waals surface area contributed by atoms with Gasteiger partial charge in [-0.2, -0.15) is 0 Å². The lowest BCUT2D eigenvalue weighted by Crippen LogP contribution is -2.12. The predicted octanol–water partition coefficient (Wildman–Crippen LogP) is 2.84. The molecule has 4 aromatic rings. The molecule has 1 N–H and O–H groups in total. The van der Waals surface area contributed by atoms with E-state index in [4.69, 9.17) is 0 Å². The minimum Gasteiger partial charge on any atom is -0.323 e. The van der Waals surface area contributed by atoms with E-state index >= 15 is 0 Å². The molecule has 0 amide bonds. The number of hydrogen-bond donors (Lipinski definition) is 1. The Morgan fingerprint density at radius 1 is 0.950 bits per heavy atom. The first-order valence-electron chi connectivity index (χ1n) is 6.38. The summed E-state index contributed by atoms with van der Waals surface area (Å²) in [5, 5.41) is 0.628. The van der Waals surface area contributed by atoms with Crippen LogP contribution in [-0.4, -0.2) is 14.4 Å². The van der Waals surface area contributed by atoms with Gasteiger partial charge in [0.25, 0.3) is 5.56 Å². The molecule has 0 saturated heterocycles. The lowest BCUT2D eigenvalue weighted by molar-refractivity contribution is 1.09. The molecule has 2 aromatic carbocycles. The Hall–Kier alpha value is -2.88. The minimum atomic E-state index is -0.0518. The molecular formula is C16H11N3O. The molecule has 2 heterocycles. The summed E-state index contributed by atoms with van der Waals surface area (Å²) in [6, 6.07) is 17.3. The summed E-state index contributed by atoms with van der Waals surface area (Å²) in [7, 11) is 0. The summed E-state index contributed by atoms with van der Waals surface area (Å²) in [6.07, 6.45) is 1.80. The van der Waals surface area contributed by atoms with Gasteiger partial charge in [0.05, 0.1) is 16.6 Å². The molecule has 0 aliphatic carbocycles. The SMILES string of the molecule is O=c1c2ccccc2nc2[nH]c(-c3ccccc3)cn12. The zero-order chi connectivity index (χ0) is 13.5. The van der Waals surface area contributed by atoms with Crippen molar-refractivity contribution in [2.45, 2.75) is 0 Å². The first-order valence-corrected chi connectivity index (χ1v) is 6.38. The molecular weight excluding hydrogens is 250 g/mol. The van der Waals surface area contributed by atoms with Gasteiger partial charge in [0, 0.05) is 6.20 Å². The molecule has 4 nitrogen and oxygen atoms in total. The van der Waals surface area contributed by atoms with Gasteiger partial charge in [0.1, 0.15) is 0 Å². The number of para-hydroxylation sites is 1. The number of aromatic amines is 1. The maximum Gasteiger partial charge on any atom is 0.266 e. The summed E-state index contributed by atoms with van der Waals surface area (Å²) in [4.78, 5) is 20.1. The van der Waals surface area contributed by atoms with E-state index in [1.54, 1.807) is 16.7 Å². The van der Waals surface area contributed by atoms with Gasteiger partial charge in [-0.05, 0) is 17.7 Å². The highest BCUT2D eigenvalue weighted by Crippen LogP contribution is 2.18. The number of nitrogens with one attached hydrogen (secondary N) is 1. The Morgan fingerprint density at radius 3 is 2.55 bits per heavy atom. The second-order valence-electron chi connectivity index (χ2n) is 4.66. The number of rotatable bonds is 1. The van der Waals surface area contributed by atoms with Crippen molar-refractivity contribution in [1.82, 2.24) is 14.4 Å². The number of aromatic nitrogens is 3. The van der Waals surface area contributed by atoms with Crippen molar-refractivity contribution >= 4 is 16.7 Å². The molecule has 0 aliphatic rings. The van der Waals surface area contributed by atoms with Gasteiger partial charge in [-0.25, -0.2) is 4.98 Å². The van der Waals surface area contributed by atoms with Gasteiger partial charge in [0.2, 0.25) is 5.78 Å². The van der Waals surface area contributed by atoms with Gasteiger partial charge >= 0.3 is 0 Å². The van der Waals surface area contributed by atoms with Crippen LogP contribution in [0.25, 0.3) is 27.9 Å². The first kappa shape index (κ1) is 11.0. The number of nitrogens with zero attached hydrogens (tertiary/aromatic N) is 2. The second-order valence-corrected chi connectivity index (χ2v) is 4.66. The van der Waals surface area contributed by atoms with Crippen LogP contribution in [0.1, 0.15) is 0 Å². The zero-order valence-corrected chi connectivity index (χ0v) is 10.6. The Balaban J connectivity index is 2.07. The molecule has 0 atom stereocenters. The van der Waals surface area contributed by atoms with Crippen LogP contribution in [0, 0.1) is 0 Å². The largest absolute Gasteiger partial charge is 0.323 e. The topological polar surface area (TPSA) is 50.2 Å². The van der Waals surface area contributed by atoms with Crippen molar-refractivity contribution in [2.75, 3.05) is 0 Å². The number of H-pyrrole nitrogens is 1. The monoisotopic (exact) mass is 261 g/mol. The average molecular weight is 261 g/mol. The van der Waals surface area contributed by atoms with Crippen molar-refractivity contribution in [1.29, 1.82) is 0 Å². The molecule has 20 heavy (non-hydrogen) atoms. The van der Waals surface area contributed by atoms with E-state index in [-0.39, 0.29) is 5.56 Å². The quantitative estimate of drug-likeness (QED) is 0.573. The van der Waals surface area contributed by atoms with Gasteiger partial charge in [-0.3, -0.25) is 9.20 Å². The molecule has 96 valence electrons. The van der Waals surface area contributed by atoms with E-state index in [0.29, 0.717) is 16.7 Å². The highest BCUT2D eigenvalue weighted by molar-refractivity contribution is 5.79. The van der Waals surface area contributed by atoms with Crippen molar-refractivity contribution in [3.05, 3.63) is 71.1 Å². The zero-order valence-electron chi connectivity index (χ0n) is 10.6. The highest BCUT2D eigenvalue weighted by Gasteiger charge is 2.08. The van der Waals surface area contributed by atoms with Crippen molar-refractivity contribution in [2.24, 2.45) is 0 Å². The van der Waals surface area contributed by atoms with Crippen LogP contribution in [0.4, 0.5) is 0 Å². The summed E-state index contributed by atoms with van der Waals surface area (Å²) in [5.41, 5.74) is 2.56. The van der Waals surface area contributed by atoms with Crippen LogP contribution in [0.3, 0.4) is 0 Å². The third kappa shape index (κ3) is 1.55. The Morgan fingerprint density at radius 2 is 1.70 bits per heavy atom. The van der Waals surface area contributed by atoms with Crippen LogP contribution >= 0.6 is 0 Å². The summed E-state index contributed by atoms with van der Waals surface area (Å²) in [6.45, 7) is 0. The van der Waals surface area contributed by atoms with Crippen molar-refractivity contribution in [3.63, 3.8) is 0 Å². The van der Waals surface area contributed by atoms with E-state index in [2.05, 4.69) is 9.97 Å². The van der Waals surface area contributed by atoms with Gasteiger partial charge < -0.3 is 4.98 Å². The van der Waals surface area contributed by atoms with Crippen molar-refractivity contribution in [3.8, 4) is 11.3 Å². The molecule has 0 spiro atoms. The maximum atomic E-state index is 12.4. The van der Waals surface area contributed by atoms with E-state index in [1.165, 1.54) is 0 Å². The number of fused-ring (bicyclic) bond motifs is 2. The normalized spacial score (nSPS) is 11.2. The molecule has 0 radical (unpaired) electrons. The molecule has 0 aliphatic heterocycles. The summed E-state index contributed by atoms with van der Waals surface area (Å²) in [5.74, 6) is 0.563. The molecule has 2 aromatic heterocycles. The van der Waals surface area contributed by atoms with E-state index < -0.39 is 0 Å². The fourth-order valence-electron chi connectivity index (χ4n) is 2.40. The fraction of sp³-hybridized carbons (Fsp3) is 0. The smallest absolute Gasteiger partial charge is 0.266 e. The minimum absolute atomic E-state index is 0.0518. The third-order valence-corrected chi connectivity index (χ3v) is 3.40. The van der Waals surface area contributed by atoms with Crippen LogP contribution in [0.5, 0.6) is 0 Å². The molecule has 4 heteroatoms. The average Bonchev–Trinajstić information content (AvgIpc) is 2.93. The van der Waals surface area contributed by atoms with E-state index in [9.17, 15) is 4.79 Å². The number of imidazole rings is 1. The molecule has 0 bridgehead atoms. The third-order valence-electron chi connectivity index (χ3n) is 3.40. The maximum absolute atomic E-state index is 12.4. The lowest BCUT2D eigenvalue weighted by atomic mass is 10.2. The highest BCUT2D eigenvalue weighted by atomic mass is 16.1. The van der Waals surface area contributed by atoms with E-state index in [1.807, 2.05) is 48.5 Å². The van der Waals surface area contributed by atoms with Gasteiger partial charge in [-0.1, -0.05) is 42.5 Å². The van der Waals surface area contributed by atoms with Crippen LogP contribution in [-0.2, 0) is 0 Å². The molecule has 4 rings (SSSR count). The van der Waals surface area contributed by atoms with Crippen LogP contribution < -0.4 is 5.56 Å². The lowest BCUT2D eigenvalue weighted by Gasteiger charge is -1.96. The van der Waals surface area contributed by atoms with Crippen LogP contribution in [0.2, 0.25) is 0 Å². The Labute approximate surface area is 114 Å². The van der Waals surface area contributed by atoms with E-state index in [0.717, 1.165) is 11.3 Å². The van der Waals surface area contributed by atoms with Crippen molar-refractivity contribution < 1.29 is 0 Å². The number of hydrogen-bond acceptors (Lipinski definition) is 2. The van der Waals surface area contributed by atoms with Crippen LogP contribution in [0.15, 0.2) is 65.6 Å². The van der Waals surface area contributed by atoms with Gasteiger partial charge in [0.15, 0.2) is 0 Å². The molecule has 0 saturated carbocycles. The number of benzene rings is 2. The van der Waals surface area contributed by atoms with Gasteiger partial charge in [-0.15, -0.1) is 0 Å². The predicted molar refractivity (Wildman–Crippen MR) is 78.8 cm³/mol.